The number of hydrogen-bond donors (Lipinski definition) is 3. The first-order chi connectivity index (χ1) is 6.36. The zero-order valence-corrected chi connectivity index (χ0v) is 7.92. The average molecular weight is 182 g/mol. The summed E-state index contributed by atoms with van der Waals surface area (Å²) in [6, 6.07) is 0.733. The van der Waals surface area contributed by atoms with Crippen LogP contribution in [0.3, 0.4) is 0 Å². The zero-order chi connectivity index (χ0) is 9.10. The molecule has 0 aromatic heterocycles. The van der Waals surface area contributed by atoms with Crippen molar-refractivity contribution in [1.29, 1.82) is 0 Å². The van der Waals surface area contributed by atoms with Gasteiger partial charge in [0.15, 0.2) is 5.96 Å². The van der Waals surface area contributed by atoms with Crippen LogP contribution in [0.5, 0.6) is 0 Å². The Kier molecular flexibility index (Phi) is 2.68. The van der Waals surface area contributed by atoms with E-state index in [-0.39, 0.29) is 0 Å². The largest absolute Gasteiger partial charge is 0.355 e. The quantitative estimate of drug-likeness (QED) is 0.526. The minimum atomic E-state index is 0.304. The van der Waals surface area contributed by atoms with E-state index in [4.69, 9.17) is 5.73 Å². The highest BCUT2D eigenvalue weighted by Crippen LogP contribution is 2.16. The maximum absolute atomic E-state index is 6.01. The van der Waals surface area contributed by atoms with Crippen LogP contribution in [0.1, 0.15) is 25.7 Å². The molecule has 0 radical (unpaired) electrons. The molecule has 1 aliphatic carbocycles. The Bertz CT molecular complexity index is 202. The molecule has 0 saturated heterocycles. The Balaban J connectivity index is 1.85. The predicted octanol–water partition coefficient (Wildman–Crippen LogP) is -0.195. The Hall–Kier alpha value is -0.770. The van der Waals surface area contributed by atoms with Crippen LogP contribution in [0.4, 0.5) is 0 Å². The Morgan fingerprint density at radius 3 is 2.92 bits per heavy atom. The minimum Gasteiger partial charge on any atom is -0.355 e. The van der Waals surface area contributed by atoms with Crippen molar-refractivity contribution in [2.24, 2.45) is 10.7 Å². The summed E-state index contributed by atoms with van der Waals surface area (Å²) in [5, 5.41) is 6.59. The SMILES string of the molecule is N[C@@H]1CCCC[C@H]1NC1=NCCN1. The molecule has 1 heterocycles. The molecule has 0 bridgehead atoms. The summed E-state index contributed by atoms with van der Waals surface area (Å²) in [4.78, 5) is 4.30. The van der Waals surface area contributed by atoms with Crippen LogP contribution in [0.15, 0.2) is 4.99 Å². The van der Waals surface area contributed by atoms with E-state index in [1.807, 2.05) is 0 Å². The third-order valence-electron chi connectivity index (χ3n) is 2.82. The third-order valence-corrected chi connectivity index (χ3v) is 2.82. The second-order valence-corrected chi connectivity index (χ2v) is 3.86. The second-order valence-electron chi connectivity index (χ2n) is 3.86. The van der Waals surface area contributed by atoms with E-state index in [1.165, 1.54) is 19.3 Å². The molecule has 0 aromatic rings. The molecule has 4 N–H and O–H groups in total. The van der Waals surface area contributed by atoms with Crippen molar-refractivity contribution in [2.75, 3.05) is 13.1 Å². The van der Waals surface area contributed by atoms with Crippen LogP contribution >= 0.6 is 0 Å². The smallest absolute Gasteiger partial charge is 0.191 e. The summed E-state index contributed by atoms with van der Waals surface area (Å²) < 4.78 is 0. The van der Waals surface area contributed by atoms with Gasteiger partial charge >= 0.3 is 0 Å². The fourth-order valence-electron chi connectivity index (χ4n) is 2.01. The molecule has 1 saturated carbocycles. The van der Waals surface area contributed by atoms with Crippen molar-refractivity contribution in [1.82, 2.24) is 10.6 Å². The van der Waals surface area contributed by atoms with Crippen LogP contribution in [0, 0.1) is 0 Å². The number of aliphatic imine (C=N–C) groups is 1. The first-order valence-electron chi connectivity index (χ1n) is 5.17. The first kappa shape index (κ1) is 8.81. The van der Waals surface area contributed by atoms with E-state index in [2.05, 4.69) is 15.6 Å². The normalized spacial score (nSPS) is 33.8. The van der Waals surface area contributed by atoms with Crippen molar-refractivity contribution >= 4 is 5.96 Å². The Morgan fingerprint density at radius 2 is 2.23 bits per heavy atom. The second kappa shape index (κ2) is 3.96. The summed E-state index contributed by atoms with van der Waals surface area (Å²) in [7, 11) is 0. The van der Waals surface area contributed by atoms with Crippen LogP contribution in [-0.4, -0.2) is 31.1 Å². The lowest BCUT2D eigenvalue weighted by atomic mass is 9.91. The summed E-state index contributed by atoms with van der Waals surface area (Å²) in [5.74, 6) is 0.947. The topological polar surface area (TPSA) is 62.4 Å². The number of rotatable bonds is 1. The molecular weight excluding hydrogens is 164 g/mol. The van der Waals surface area contributed by atoms with Gasteiger partial charge in [0.2, 0.25) is 0 Å². The summed E-state index contributed by atoms with van der Waals surface area (Å²) in [6.07, 6.45) is 4.89. The molecule has 13 heavy (non-hydrogen) atoms. The lowest BCUT2D eigenvalue weighted by molar-refractivity contribution is 0.359. The van der Waals surface area contributed by atoms with Crippen LogP contribution in [-0.2, 0) is 0 Å². The first-order valence-corrected chi connectivity index (χ1v) is 5.17. The fraction of sp³-hybridized carbons (Fsp3) is 0.889. The van der Waals surface area contributed by atoms with Gasteiger partial charge in [0.1, 0.15) is 0 Å². The molecule has 0 amide bonds. The van der Waals surface area contributed by atoms with Gasteiger partial charge in [-0.2, -0.15) is 0 Å². The van der Waals surface area contributed by atoms with Crippen molar-refractivity contribution in [3.63, 3.8) is 0 Å². The summed E-state index contributed by atoms with van der Waals surface area (Å²) >= 11 is 0. The molecule has 1 fully saturated rings. The van der Waals surface area contributed by atoms with Crippen molar-refractivity contribution < 1.29 is 0 Å². The average Bonchev–Trinajstić information content (AvgIpc) is 2.61. The molecule has 0 unspecified atom stereocenters. The number of nitrogens with two attached hydrogens (primary N) is 1. The van der Waals surface area contributed by atoms with Gasteiger partial charge in [-0.1, -0.05) is 12.8 Å². The van der Waals surface area contributed by atoms with E-state index >= 15 is 0 Å². The molecule has 2 aliphatic rings. The number of guanidine groups is 1. The molecule has 2 atom stereocenters. The number of hydrogen-bond acceptors (Lipinski definition) is 4. The molecular formula is C9H18N4. The molecule has 0 aromatic carbocycles. The van der Waals surface area contributed by atoms with Gasteiger partial charge in [0.25, 0.3) is 0 Å². The van der Waals surface area contributed by atoms with Gasteiger partial charge in [-0.05, 0) is 12.8 Å². The molecule has 1 aliphatic heterocycles. The highest BCUT2D eigenvalue weighted by Gasteiger charge is 2.22. The van der Waals surface area contributed by atoms with Gasteiger partial charge in [-0.25, -0.2) is 0 Å². The summed E-state index contributed by atoms with van der Waals surface area (Å²) in [5.41, 5.74) is 6.01. The molecule has 4 heteroatoms. The lowest BCUT2D eigenvalue weighted by Crippen LogP contribution is -2.51. The van der Waals surface area contributed by atoms with E-state index in [0.717, 1.165) is 25.5 Å². The van der Waals surface area contributed by atoms with Crippen molar-refractivity contribution in [3.05, 3.63) is 0 Å². The summed E-state index contributed by atoms with van der Waals surface area (Å²) in [6.45, 7) is 1.86. The van der Waals surface area contributed by atoms with E-state index < -0.39 is 0 Å². The molecule has 0 spiro atoms. The van der Waals surface area contributed by atoms with E-state index in [0.29, 0.717) is 12.1 Å². The minimum absolute atomic E-state index is 0.304. The molecule has 4 nitrogen and oxygen atoms in total. The van der Waals surface area contributed by atoms with E-state index in [9.17, 15) is 0 Å². The monoisotopic (exact) mass is 182 g/mol. The standard InChI is InChI=1S/C9H18N4/c10-7-3-1-2-4-8(7)13-9-11-5-6-12-9/h7-8H,1-6,10H2,(H2,11,12,13)/t7-,8-/m1/s1. The van der Waals surface area contributed by atoms with Crippen LogP contribution in [0.25, 0.3) is 0 Å². The Labute approximate surface area is 79.0 Å². The van der Waals surface area contributed by atoms with Gasteiger partial charge in [0.05, 0.1) is 6.54 Å². The fourth-order valence-corrected chi connectivity index (χ4v) is 2.01. The maximum Gasteiger partial charge on any atom is 0.191 e. The lowest BCUT2D eigenvalue weighted by Gasteiger charge is -2.29. The van der Waals surface area contributed by atoms with E-state index in [1.54, 1.807) is 0 Å². The molecule has 2 rings (SSSR count). The van der Waals surface area contributed by atoms with Crippen molar-refractivity contribution in [2.45, 2.75) is 37.8 Å². The highest BCUT2D eigenvalue weighted by atomic mass is 15.2. The number of nitrogens with one attached hydrogen (secondary N) is 2. The third kappa shape index (κ3) is 2.12. The van der Waals surface area contributed by atoms with Gasteiger partial charge in [-0.15, -0.1) is 0 Å². The Morgan fingerprint density at radius 1 is 1.38 bits per heavy atom. The zero-order valence-electron chi connectivity index (χ0n) is 7.92. The van der Waals surface area contributed by atoms with Crippen molar-refractivity contribution in [3.8, 4) is 0 Å². The van der Waals surface area contributed by atoms with Crippen LogP contribution < -0.4 is 16.4 Å². The van der Waals surface area contributed by atoms with Gasteiger partial charge < -0.3 is 16.4 Å². The molecule has 74 valence electrons. The van der Waals surface area contributed by atoms with Gasteiger partial charge in [0, 0.05) is 18.6 Å². The number of nitrogens with zero attached hydrogens (tertiary/aromatic N) is 1. The van der Waals surface area contributed by atoms with Crippen LogP contribution in [0.2, 0.25) is 0 Å². The maximum atomic E-state index is 6.01. The predicted molar refractivity (Wildman–Crippen MR) is 53.7 cm³/mol. The van der Waals surface area contributed by atoms with Gasteiger partial charge in [-0.3, -0.25) is 4.99 Å². The highest BCUT2D eigenvalue weighted by molar-refractivity contribution is 5.81.